The van der Waals surface area contributed by atoms with Gasteiger partial charge < -0.3 is 19.1 Å². The van der Waals surface area contributed by atoms with E-state index in [1.807, 2.05) is 12.1 Å². The number of rotatable bonds is 9. The third kappa shape index (κ3) is 6.24. The number of aromatic nitrogens is 3. The molecule has 216 valence electrons. The summed E-state index contributed by atoms with van der Waals surface area (Å²) < 4.78 is 52.1. The quantitative estimate of drug-likeness (QED) is 0.259. The number of carbonyl (C=O) groups is 1. The molecule has 0 bridgehead atoms. The molecule has 4 aromatic rings. The third-order valence-electron chi connectivity index (χ3n) is 7.67. The maximum atomic E-state index is 12.9. The van der Waals surface area contributed by atoms with Crippen molar-refractivity contribution in [2.24, 2.45) is 0 Å². The van der Waals surface area contributed by atoms with Gasteiger partial charge in [-0.3, -0.25) is 4.90 Å². The second-order valence-electron chi connectivity index (χ2n) is 10.4. The molecule has 41 heavy (non-hydrogen) atoms. The van der Waals surface area contributed by atoms with Gasteiger partial charge in [0.05, 0.1) is 35.8 Å². The van der Waals surface area contributed by atoms with Crippen LogP contribution < -0.4 is 4.74 Å². The number of likely N-dealkylation sites (tertiary alicyclic amines) is 1. The van der Waals surface area contributed by atoms with Crippen LogP contribution in [-0.4, -0.2) is 56.3 Å². The van der Waals surface area contributed by atoms with Crippen LogP contribution in [-0.2, 0) is 30.6 Å². The number of carboxylic acid groups (broad SMARTS) is 1. The van der Waals surface area contributed by atoms with Crippen LogP contribution in [0, 0.1) is 0 Å². The van der Waals surface area contributed by atoms with E-state index in [0.29, 0.717) is 35.2 Å². The normalized spacial score (nSPS) is 18.5. The number of hydrogen-bond acceptors (Lipinski definition) is 7. The largest absolute Gasteiger partial charge is 0.478 e. The zero-order valence-corrected chi connectivity index (χ0v) is 23.0. The molecule has 6 rings (SSSR count). The van der Waals surface area contributed by atoms with Gasteiger partial charge in [0.2, 0.25) is 5.88 Å². The fraction of sp³-hybridized carbons (Fsp3) is 0.414. The predicted molar refractivity (Wildman–Crippen MR) is 146 cm³/mol. The Morgan fingerprint density at radius 2 is 1.90 bits per heavy atom. The Hall–Kier alpha value is -3.48. The summed E-state index contributed by atoms with van der Waals surface area (Å²) in [6.45, 7) is 3.76. The minimum absolute atomic E-state index is 0.0382. The summed E-state index contributed by atoms with van der Waals surface area (Å²) in [7, 11) is 0. The van der Waals surface area contributed by atoms with Crippen molar-refractivity contribution in [2.45, 2.75) is 57.2 Å². The Labute approximate surface area is 238 Å². The highest BCUT2D eigenvalue weighted by Gasteiger charge is 2.32. The molecule has 8 nitrogen and oxygen atoms in total. The molecule has 1 atom stereocenters. The number of aromatic carboxylic acids is 1. The second-order valence-corrected chi connectivity index (χ2v) is 11.6. The zero-order chi connectivity index (χ0) is 28.6. The molecule has 1 aromatic carbocycles. The van der Waals surface area contributed by atoms with E-state index in [2.05, 4.69) is 14.5 Å². The van der Waals surface area contributed by atoms with Crippen LogP contribution in [0.15, 0.2) is 48.5 Å². The van der Waals surface area contributed by atoms with Crippen LogP contribution >= 0.6 is 11.3 Å². The van der Waals surface area contributed by atoms with Gasteiger partial charge in [-0.25, -0.2) is 14.8 Å². The van der Waals surface area contributed by atoms with Gasteiger partial charge in [-0.15, -0.1) is 11.3 Å². The SMILES string of the molecule is O=C(O)c1ccc2nc(CN3CCC(c4cccc(OCc5ccc(C(F)(F)F)s5)n4)CC3)n(CC3CCO3)c2c1. The van der Waals surface area contributed by atoms with E-state index in [0.717, 1.165) is 67.6 Å². The molecule has 2 aliphatic rings. The summed E-state index contributed by atoms with van der Waals surface area (Å²) in [5.74, 6) is 0.578. The molecule has 0 aliphatic carbocycles. The van der Waals surface area contributed by atoms with Crippen LogP contribution in [0.5, 0.6) is 5.88 Å². The van der Waals surface area contributed by atoms with Crippen molar-refractivity contribution >= 4 is 28.3 Å². The lowest BCUT2D eigenvalue weighted by atomic mass is 9.93. The first-order chi connectivity index (χ1) is 19.7. The van der Waals surface area contributed by atoms with E-state index in [9.17, 15) is 23.1 Å². The van der Waals surface area contributed by atoms with E-state index in [1.54, 1.807) is 24.3 Å². The molecule has 3 aromatic heterocycles. The van der Waals surface area contributed by atoms with Gasteiger partial charge in [-0.2, -0.15) is 13.2 Å². The highest BCUT2D eigenvalue weighted by atomic mass is 32.1. The molecule has 12 heteroatoms. The molecule has 1 unspecified atom stereocenters. The summed E-state index contributed by atoms with van der Waals surface area (Å²) in [5, 5.41) is 9.48. The van der Waals surface area contributed by atoms with Gasteiger partial charge in [0, 0.05) is 29.2 Å². The van der Waals surface area contributed by atoms with Crippen molar-refractivity contribution in [3.8, 4) is 5.88 Å². The Morgan fingerprint density at radius 1 is 1.10 bits per heavy atom. The van der Waals surface area contributed by atoms with Gasteiger partial charge >= 0.3 is 12.1 Å². The van der Waals surface area contributed by atoms with E-state index in [-0.39, 0.29) is 24.2 Å². The molecule has 2 saturated heterocycles. The van der Waals surface area contributed by atoms with Gasteiger partial charge in [-0.1, -0.05) is 6.07 Å². The van der Waals surface area contributed by atoms with Crippen LogP contribution in [0.4, 0.5) is 13.2 Å². The van der Waals surface area contributed by atoms with Crippen molar-refractivity contribution in [3.05, 3.63) is 75.4 Å². The maximum Gasteiger partial charge on any atom is 0.425 e. The second kappa shape index (κ2) is 11.4. The van der Waals surface area contributed by atoms with E-state index in [4.69, 9.17) is 14.5 Å². The molecule has 5 heterocycles. The number of halogens is 3. The summed E-state index contributed by atoms with van der Waals surface area (Å²) in [6.07, 6.45) is -1.48. The van der Waals surface area contributed by atoms with E-state index >= 15 is 0 Å². The number of ether oxygens (including phenoxy) is 2. The fourth-order valence-electron chi connectivity index (χ4n) is 5.34. The standard InChI is InChI=1S/C29H29F3N4O4S/c30-29(31,32)25-7-5-21(41-25)17-40-27-3-1-2-22(34-27)18-8-11-35(12-9-18)16-26-33-23-6-4-19(28(37)38)14-24(23)36(26)15-20-10-13-39-20/h1-7,14,18,20H,8-13,15-17H2,(H,37,38). The third-order valence-corrected chi connectivity index (χ3v) is 8.78. The smallest absolute Gasteiger partial charge is 0.425 e. The molecule has 1 N–H and O–H groups in total. The summed E-state index contributed by atoms with van der Waals surface area (Å²) in [6, 6.07) is 13.1. The predicted octanol–water partition coefficient (Wildman–Crippen LogP) is 5.96. The number of hydrogen-bond donors (Lipinski definition) is 1. The molecule has 0 saturated carbocycles. The van der Waals surface area contributed by atoms with Crippen molar-refractivity contribution < 1.29 is 32.5 Å². The molecule has 0 radical (unpaired) electrons. The molecule has 2 aliphatic heterocycles. The molecular formula is C29H29F3N4O4S. The number of imidazole rings is 1. The molecule has 0 spiro atoms. The number of pyridine rings is 1. The van der Waals surface area contributed by atoms with Crippen molar-refractivity contribution in [3.63, 3.8) is 0 Å². The monoisotopic (exact) mass is 586 g/mol. The van der Waals surface area contributed by atoms with Crippen molar-refractivity contribution in [1.29, 1.82) is 0 Å². The lowest BCUT2D eigenvalue weighted by Gasteiger charge is -2.32. The number of thiophene rings is 1. The van der Waals surface area contributed by atoms with Gasteiger partial charge in [-0.05, 0) is 68.8 Å². The number of piperidine rings is 1. The lowest BCUT2D eigenvalue weighted by molar-refractivity contribution is -0.134. The number of benzene rings is 1. The summed E-state index contributed by atoms with van der Waals surface area (Å²) in [5.41, 5.74) is 2.74. The first-order valence-corrected chi connectivity index (χ1v) is 14.4. The van der Waals surface area contributed by atoms with Crippen LogP contribution in [0.2, 0.25) is 0 Å². The highest BCUT2D eigenvalue weighted by molar-refractivity contribution is 7.12. The fourth-order valence-corrected chi connectivity index (χ4v) is 6.13. The maximum absolute atomic E-state index is 12.9. The molecular weight excluding hydrogens is 557 g/mol. The molecule has 2 fully saturated rings. The Kier molecular flexibility index (Phi) is 7.71. The highest BCUT2D eigenvalue weighted by Crippen LogP contribution is 2.35. The average molecular weight is 587 g/mol. The van der Waals surface area contributed by atoms with Crippen LogP contribution in [0.1, 0.15) is 56.8 Å². The zero-order valence-electron chi connectivity index (χ0n) is 22.1. The minimum Gasteiger partial charge on any atom is -0.478 e. The summed E-state index contributed by atoms with van der Waals surface area (Å²) in [4.78, 5) is 23.3. The Balaban J connectivity index is 1.09. The van der Waals surface area contributed by atoms with E-state index in [1.165, 1.54) is 6.07 Å². The van der Waals surface area contributed by atoms with Crippen molar-refractivity contribution in [1.82, 2.24) is 19.4 Å². The van der Waals surface area contributed by atoms with Crippen molar-refractivity contribution in [2.75, 3.05) is 19.7 Å². The van der Waals surface area contributed by atoms with Gasteiger partial charge in [0.1, 0.15) is 17.3 Å². The average Bonchev–Trinajstić information content (AvgIpc) is 3.54. The Morgan fingerprint density at radius 3 is 2.59 bits per heavy atom. The number of carboxylic acids is 1. The first-order valence-electron chi connectivity index (χ1n) is 13.5. The minimum atomic E-state index is -4.35. The van der Waals surface area contributed by atoms with Gasteiger partial charge in [0.25, 0.3) is 0 Å². The first kappa shape index (κ1) is 27.7. The van der Waals surface area contributed by atoms with E-state index < -0.39 is 17.0 Å². The Bertz CT molecular complexity index is 1540. The van der Waals surface area contributed by atoms with Crippen LogP contribution in [0.3, 0.4) is 0 Å². The number of fused-ring (bicyclic) bond motifs is 1. The van der Waals surface area contributed by atoms with Gasteiger partial charge in [0.15, 0.2) is 0 Å². The number of alkyl halides is 3. The summed E-state index contributed by atoms with van der Waals surface area (Å²) >= 11 is 0.681. The number of nitrogens with zero attached hydrogens (tertiary/aromatic N) is 4. The molecule has 0 amide bonds. The van der Waals surface area contributed by atoms with Crippen LogP contribution in [0.25, 0.3) is 11.0 Å². The lowest BCUT2D eigenvalue weighted by Crippen LogP contribution is -2.35. The topological polar surface area (TPSA) is 89.7 Å².